The molecule has 0 saturated carbocycles. The van der Waals surface area contributed by atoms with Crippen molar-refractivity contribution in [3.05, 3.63) is 0 Å². The number of nitrogens with zero attached hydrogens (tertiary/aromatic N) is 2. The predicted molar refractivity (Wildman–Crippen MR) is 274 cm³/mol. The molecule has 0 aliphatic rings. The van der Waals surface area contributed by atoms with Crippen molar-refractivity contribution in [3.8, 4) is 0 Å². The second-order valence-corrected chi connectivity index (χ2v) is 19.1. The van der Waals surface area contributed by atoms with Gasteiger partial charge in [-0.3, -0.25) is 9.80 Å². The van der Waals surface area contributed by atoms with Crippen LogP contribution >= 0.6 is 0 Å². The Labute approximate surface area is 407 Å². The fraction of sp³-hybridized carbons (Fsp3) is 1.00. The zero-order valence-electron chi connectivity index (χ0n) is 44.0. The highest BCUT2D eigenvalue weighted by Crippen LogP contribution is 2.11. The highest BCUT2D eigenvalue weighted by atomic mass is 16.5. The van der Waals surface area contributed by atoms with Crippen molar-refractivity contribution >= 4 is 0 Å². The number of ether oxygens (including phenoxy) is 6. The fourth-order valence-electron chi connectivity index (χ4n) is 8.15. The van der Waals surface area contributed by atoms with Crippen LogP contribution in [-0.2, 0) is 28.4 Å². The van der Waals surface area contributed by atoms with E-state index in [0.29, 0.717) is 92.1 Å². The third-order valence-corrected chi connectivity index (χ3v) is 12.2. The molecule has 4 atom stereocenters. The maximum atomic E-state index is 10.9. The van der Waals surface area contributed by atoms with Gasteiger partial charge >= 0.3 is 0 Å². The first-order valence-corrected chi connectivity index (χ1v) is 28.0. The lowest BCUT2D eigenvalue weighted by Gasteiger charge is -2.27. The van der Waals surface area contributed by atoms with Crippen molar-refractivity contribution in [3.63, 3.8) is 0 Å². The Morgan fingerprint density at radius 2 is 0.470 bits per heavy atom. The first kappa shape index (κ1) is 65.5. The Balaban J connectivity index is 4.81. The summed E-state index contributed by atoms with van der Waals surface area (Å²) < 4.78 is 35.2. The van der Waals surface area contributed by atoms with Gasteiger partial charge in [-0.1, -0.05) is 182 Å². The maximum Gasteiger partial charge on any atom is 0.0900 e. The molecule has 0 saturated heterocycles. The van der Waals surface area contributed by atoms with Crippen molar-refractivity contribution < 1.29 is 48.8 Å². The molecular formula is C54H112N2O10. The van der Waals surface area contributed by atoms with Gasteiger partial charge in [0.05, 0.1) is 77.3 Å². The van der Waals surface area contributed by atoms with Gasteiger partial charge in [0.2, 0.25) is 0 Å². The Morgan fingerprint density at radius 3 is 0.697 bits per heavy atom. The van der Waals surface area contributed by atoms with E-state index in [1.54, 1.807) is 0 Å². The van der Waals surface area contributed by atoms with Crippen LogP contribution in [0.15, 0.2) is 0 Å². The summed E-state index contributed by atoms with van der Waals surface area (Å²) in [6.45, 7) is 17.0. The van der Waals surface area contributed by atoms with Crippen LogP contribution in [0.4, 0.5) is 0 Å². The molecule has 0 amide bonds. The quantitative estimate of drug-likeness (QED) is 0.0431. The second kappa shape index (κ2) is 53.9. The van der Waals surface area contributed by atoms with Crippen molar-refractivity contribution in [2.24, 2.45) is 0 Å². The van der Waals surface area contributed by atoms with E-state index in [4.69, 9.17) is 28.4 Å². The molecule has 66 heavy (non-hydrogen) atoms. The number of aliphatic hydroxyl groups is 4. The molecule has 0 fully saturated rings. The van der Waals surface area contributed by atoms with Gasteiger partial charge in [0.1, 0.15) is 0 Å². The molecule has 0 aromatic carbocycles. The van der Waals surface area contributed by atoms with Crippen LogP contribution in [0.25, 0.3) is 0 Å². The van der Waals surface area contributed by atoms with E-state index in [2.05, 4.69) is 27.7 Å². The van der Waals surface area contributed by atoms with Crippen LogP contribution in [0.2, 0.25) is 0 Å². The summed E-state index contributed by atoms with van der Waals surface area (Å²) in [4.78, 5) is 4.07. The van der Waals surface area contributed by atoms with Crippen LogP contribution in [0.3, 0.4) is 0 Å². The third-order valence-electron chi connectivity index (χ3n) is 12.2. The molecule has 0 aromatic heterocycles. The summed E-state index contributed by atoms with van der Waals surface area (Å²) in [5.41, 5.74) is 0. The SMILES string of the molecule is CCCCCCCCCOCC(O)CN(CCOCCOCCN(CC(O)COCCCCCCCCC)CC(O)COCCCCCCCCC)CC(O)COCCCCCCCCC. The van der Waals surface area contributed by atoms with E-state index in [1.165, 1.54) is 128 Å². The van der Waals surface area contributed by atoms with Crippen LogP contribution in [0.5, 0.6) is 0 Å². The zero-order valence-corrected chi connectivity index (χ0v) is 44.0. The van der Waals surface area contributed by atoms with Crippen molar-refractivity contribution in [1.82, 2.24) is 9.80 Å². The molecule has 398 valence electrons. The van der Waals surface area contributed by atoms with Crippen molar-refractivity contribution in [2.75, 3.05) is 119 Å². The molecule has 4 N–H and O–H groups in total. The first-order chi connectivity index (χ1) is 32.4. The largest absolute Gasteiger partial charge is 0.389 e. The second-order valence-electron chi connectivity index (χ2n) is 19.1. The van der Waals surface area contributed by atoms with Crippen LogP contribution in [0.1, 0.15) is 207 Å². The van der Waals surface area contributed by atoms with E-state index in [9.17, 15) is 20.4 Å². The van der Waals surface area contributed by atoms with E-state index in [0.717, 1.165) is 51.4 Å². The highest BCUT2D eigenvalue weighted by Gasteiger charge is 2.18. The van der Waals surface area contributed by atoms with Crippen LogP contribution < -0.4 is 0 Å². The number of unbranched alkanes of at least 4 members (excludes halogenated alkanes) is 24. The maximum absolute atomic E-state index is 10.9. The summed E-state index contributed by atoms with van der Waals surface area (Å²) in [7, 11) is 0. The normalized spacial score (nSPS) is 13.9. The van der Waals surface area contributed by atoms with Gasteiger partial charge in [-0.05, 0) is 25.7 Å². The monoisotopic (exact) mass is 949 g/mol. The molecule has 0 bridgehead atoms. The molecule has 0 radical (unpaired) electrons. The minimum absolute atomic E-state index is 0.273. The average molecular weight is 949 g/mol. The molecule has 0 rings (SSSR count). The molecular weight excluding hydrogens is 837 g/mol. The fourth-order valence-corrected chi connectivity index (χ4v) is 8.15. The number of hydrogen-bond donors (Lipinski definition) is 4. The van der Waals surface area contributed by atoms with Gasteiger partial charge in [-0.15, -0.1) is 0 Å². The Hall–Kier alpha value is -0.480. The van der Waals surface area contributed by atoms with Gasteiger partial charge in [0.15, 0.2) is 0 Å². The lowest BCUT2D eigenvalue weighted by atomic mass is 10.1. The molecule has 0 heterocycles. The third kappa shape index (κ3) is 49.9. The minimum atomic E-state index is -0.660. The predicted octanol–water partition coefficient (Wildman–Crippen LogP) is 10.1. The van der Waals surface area contributed by atoms with Gasteiger partial charge in [0, 0.05) is 65.7 Å². The molecule has 12 heteroatoms. The molecule has 0 spiro atoms. The highest BCUT2D eigenvalue weighted by molar-refractivity contribution is 4.71. The molecule has 0 aromatic rings. The van der Waals surface area contributed by atoms with E-state index < -0.39 is 24.4 Å². The van der Waals surface area contributed by atoms with Gasteiger partial charge < -0.3 is 48.8 Å². The smallest absolute Gasteiger partial charge is 0.0900 e. The van der Waals surface area contributed by atoms with Crippen LogP contribution in [0, 0.1) is 0 Å². The molecule has 4 unspecified atom stereocenters. The Morgan fingerprint density at radius 1 is 0.258 bits per heavy atom. The van der Waals surface area contributed by atoms with Gasteiger partial charge in [0.25, 0.3) is 0 Å². The summed E-state index contributed by atoms with van der Waals surface area (Å²) >= 11 is 0. The van der Waals surface area contributed by atoms with Gasteiger partial charge in [-0.25, -0.2) is 0 Å². The summed E-state index contributed by atoms with van der Waals surface area (Å²) in [6, 6.07) is 0. The lowest BCUT2D eigenvalue weighted by Crippen LogP contribution is -2.42. The number of rotatable bonds is 57. The van der Waals surface area contributed by atoms with Crippen molar-refractivity contribution in [2.45, 2.75) is 232 Å². The summed E-state index contributed by atoms with van der Waals surface area (Å²) in [5, 5.41) is 43.4. The zero-order chi connectivity index (χ0) is 48.2. The molecule has 12 nitrogen and oxygen atoms in total. The topological polar surface area (TPSA) is 143 Å². The Bertz CT molecular complexity index is 781. The summed E-state index contributed by atoms with van der Waals surface area (Å²) in [6.07, 6.45) is 31.6. The minimum Gasteiger partial charge on any atom is -0.389 e. The molecule has 0 aliphatic carbocycles. The first-order valence-electron chi connectivity index (χ1n) is 28.0. The van der Waals surface area contributed by atoms with Crippen molar-refractivity contribution in [1.29, 1.82) is 0 Å². The average Bonchev–Trinajstić information content (AvgIpc) is 3.30. The number of aliphatic hydroxyl groups excluding tert-OH is 4. The standard InChI is InChI=1S/C54H112N2O10/c1-5-9-13-17-21-25-29-35-63-47-51(57)43-55(44-52(58)48-64-36-30-26-22-18-14-10-6-2)33-39-61-41-42-62-40-34-56(45-53(59)49-65-37-31-27-23-19-15-11-7-3)46-54(60)50-66-38-32-28-24-20-16-12-8-4/h51-54,57-60H,5-50H2,1-4H3. The lowest BCUT2D eigenvalue weighted by molar-refractivity contribution is -0.0260. The van der Waals surface area contributed by atoms with E-state index in [-0.39, 0.29) is 26.4 Å². The van der Waals surface area contributed by atoms with Gasteiger partial charge in [-0.2, -0.15) is 0 Å². The summed E-state index contributed by atoms with van der Waals surface area (Å²) in [5.74, 6) is 0. The van der Waals surface area contributed by atoms with E-state index >= 15 is 0 Å². The number of hydrogen-bond acceptors (Lipinski definition) is 12. The Kier molecular flexibility index (Phi) is 53.5. The molecule has 0 aliphatic heterocycles. The van der Waals surface area contributed by atoms with E-state index in [1.807, 2.05) is 9.80 Å². The van der Waals surface area contributed by atoms with Crippen LogP contribution in [-0.4, -0.2) is 173 Å².